The fraction of sp³-hybridized carbons (Fsp3) is 0.667. The Bertz CT molecular complexity index is 537. The van der Waals surface area contributed by atoms with E-state index in [4.69, 9.17) is 5.11 Å². The van der Waals surface area contributed by atoms with E-state index in [0.717, 1.165) is 0 Å². The quantitative estimate of drug-likeness (QED) is 0.410. The average Bonchev–Trinajstić information content (AvgIpc) is 2.40. The zero-order valence-electron chi connectivity index (χ0n) is 12.4. The molecule has 0 aliphatic carbocycles. The Hall–Kier alpha value is -1.95. The summed E-state index contributed by atoms with van der Waals surface area (Å²) in [5, 5.41) is 8.20. The molecule has 13 heteroatoms. The van der Waals surface area contributed by atoms with Gasteiger partial charge in [0.1, 0.15) is 0 Å². The van der Waals surface area contributed by atoms with Crippen molar-refractivity contribution < 1.29 is 58.9 Å². The third-order valence-electron chi connectivity index (χ3n) is 2.74. The molecule has 146 valence electrons. The minimum absolute atomic E-state index is 0.00611. The van der Waals surface area contributed by atoms with Crippen LogP contribution in [0.3, 0.4) is 0 Å². The first-order chi connectivity index (χ1) is 10.9. The molecule has 0 aliphatic heterocycles. The van der Waals surface area contributed by atoms with Crippen LogP contribution >= 0.6 is 0 Å². The van der Waals surface area contributed by atoms with Crippen LogP contribution in [0.4, 0.5) is 39.5 Å². The Kier molecular flexibility index (Phi) is 6.56. The fourth-order valence-electron chi connectivity index (χ4n) is 1.50. The van der Waals surface area contributed by atoms with Crippen LogP contribution in [0.2, 0.25) is 0 Å². The minimum atomic E-state index is -7.13. The molecule has 0 bridgehead atoms. The summed E-state index contributed by atoms with van der Waals surface area (Å²) >= 11 is 0. The van der Waals surface area contributed by atoms with Crippen LogP contribution in [0.5, 0.6) is 0 Å². The third kappa shape index (κ3) is 4.57. The lowest BCUT2D eigenvalue weighted by Gasteiger charge is -2.38. The molecule has 0 aromatic carbocycles. The second-order valence-electron chi connectivity index (χ2n) is 5.04. The van der Waals surface area contributed by atoms with Crippen LogP contribution in [-0.4, -0.2) is 47.1 Å². The molecule has 25 heavy (non-hydrogen) atoms. The lowest BCUT2D eigenvalue weighted by molar-refractivity contribution is -0.407. The van der Waals surface area contributed by atoms with Crippen molar-refractivity contribution in [2.75, 3.05) is 0 Å². The summed E-state index contributed by atoms with van der Waals surface area (Å²) in [7, 11) is 0. The number of carbonyl (C=O) groups is 2. The van der Waals surface area contributed by atoms with Gasteiger partial charge in [-0.05, 0) is 5.92 Å². The van der Waals surface area contributed by atoms with Gasteiger partial charge in [0, 0.05) is 12.2 Å². The zero-order chi connectivity index (χ0) is 20.4. The van der Waals surface area contributed by atoms with Crippen LogP contribution in [0.15, 0.2) is 12.2 Å². The molecule has 0 fully saturated rings. The molecule has 4 nitrogen and oxygen atoms in total. The highest BCUT2D eigenvalue weighted by Crippen LogP contribution is 2.55. The summed E-state index contributed by atoms with van der Waals surface area (Å²) in [6.45, 7) is 1.38. The summed E-state index contributed by atoms with van der Waals surface area (Å²) in [5.41, 5.74) is 0. The molecule has 0 spiro atoms. The third-order valence-corrected chi connectivity index (χ3v) is 2.74. The van der Waals surface area contributed by atoms with Crippen LogP contribution in [0.1, 0.15) is 13.8 Å². The molecular weight excluding hydrogens is 379 g/mol. The topological polar surface area (TPSA) is 63.6 Å². The first kappa shape index (κ1) is 23.1. The summed E-state index contributed by atoms with van der Waals surface area (Å²) in [6, 6.07) is 0. The summed E-state index contributed by atoms with van der Waals surface area (Å²) in [4.78, 5) is 21.3. The van der Waals surface area contributed by atoms with Crippen molar-refractivity contribution in [3.8, 4) is 0 Å². The van der Waals surface area contributed by atoms with Gasteiger partial charge in [-0.1, -0.05) is 13.8 Å². The highest BCUT2D eigenvalue weighted by Gasteiger charge is 2.83. The number of carboxylic acid groups (broad SMARTS) is 1. The van der Waals surface area contributed by atoms with E-state index in [-0.39, 0.29) is 12.2 Å². The van der Waals surface area contributed by atoms with Crippen LogP contribution in [0.25, 0.3) is 0 Å². The van der Waals surface area contributed by atoms with Gasteiger partial charge < -0.3 is 9.84 Å². The standard InChI is InChI=1S/C12H11F9O4/c1-5(2)8(25-7(24)4-3-6(22)23)9(13,14)10(15,16)11(17,18)12(19,20)21/h3-5,8H,1-2H3,(H,22,23)/b4-3-. The van der Waals surface area contributed by atoms with Crippen LogP contribution < -0.4 is 0 Å². The summed E-state index contributed by atoms with van der Waals surface area (Å²) in [5.74, 6) is -25.8. The van der Waals surface area contributed by atoms with Gasteiger partial charge in [-0.2, -0.15) is 39.5 Å². The number of rotatable bonds is 7. The van der Waals surface area contributed by atoms with Gasteiger partial charge >= 0.3 is 35.9 Å². The number of alkyl halides is 9. The van der Waals surface area contributed by atoms with Crippen LogP contribution in [-0.2, 0) is 14.3 Å². The van der Waals surface area contributed by atoms with E-state index in [9.17, 15) is 49.1 Å². The van der Waals surface area contributed by atoms with E-state index < -0.39 is 47.9 Å². The molecule has 1 N–H and O–H groups in total. The average molecular weight is 390 g/mol. The lowest BCUT2D eigenvalue weighted by atomic mass is 9.92. The van der Waals surface area contributed by atoms with Crippen LogP contribution in [0, 0.1) is 5.92 Å². The Labute approximate surface area is 134 Å². The summed E-state index contributed by atoms with van der Waals surface area (Å²) in [6.07, 6.45) is -10.4. The molecule has 0 saturated heterocycles. The number of hydrogen-bond donors (Lipinski definition) is 1. The van der Waals surface area contributed by atoms with Gasteiger partial charge in [-0.25, -0.2) is 9.59 Å². The maximum atomic E-state index is 13.8. The van der Waals surface area contributed by atoms with Gasteiger partial charge in [0.15, 0.2) is 6.10 Å². The molecule has 0 aromatic rings. The van der Waals surface area contributed by atoms with Gasteiger partial charge in [-0.15, -0.1) is 0 Å². The maximum Gasteiger partial charge on any atom is 0.460 e. The normalized spacial score (nSPS) is 15.5. The van der Waals surface area contributed by atoms with Crippen molar-refractivity contribution in [2.24, 2.45) is 5.92 Å². The fourth-order valence-corrected chi connectivity index (χ4v) is 1.50. The van der Waals surface area contributed by atoms with Crippen molar-refractivity contribution in [3.63, 3.8) is 0 Å². The van der Waals surface area contributed by atoms with Gasteiger partial charge in [0.2, 0.25) is 0 Å². The van der Waals surface area contributed by atoms with Crippen molar-refractivity contribution in [2.45, 2.75) is 43.9 Å². The van der Waals surface area contributed by atoms with E-state index >= 15 is 0 Å². The number of aliphatic carboxylic acids is 1. The van der Waals surface area contributed by atoms with E-state index in [0.29, 0.717) is 13.8 Å². The molecule has 1 atom stereocenters. The van der Waals surface area contributed by atoms with E-state index in [1.54, 1.807) is 0 Å². The Morgan fingerprint density at radius 1 is 0.880 bits per heavy atom. The van der Waals surface area contributed by atoms with Gasteiger partial charge in [-0.3, -0.25) is 0 Å². The molecule has 0 heterocycles. The minimum Gasteiger partial charge on any atom is -0.478 e. The molecule has 0 saturated carbocycles. The highest BCUT2D eigenvalue weighted by molar-refractivity contribution is 5.90. The number of hydrogen-bond acceptors (Lipinski definition) is 3. The maximum absolute atomic E-state index is 13.8. The van der Waals surface area contributed by atoms with Crippen molar-refractivity contribution in [3.05, 3.63) is 12.2 Å². The number of ether oxygens (including phenoxy) is 1. The van der Waals surface area contributed by atoms with E-state index in [2.05, 4.69) is 4.74 Å². The molecule has 0 radical (unpaired) electrons. The molecule has 0 aliphatic rings. The number of halogens is 9. The Balaban J connectivity index is 5.87. The summed E-state index contributed by atoms with van der Waals surface area (Å²) < 4.78 is 120. The van der Waals surface area contributed by atoms with E-state index in [1.807, 2.05) is 0 Å². The predicted octanol–water partition coefficient (Wildman–Crippen LogP) is 3.66. The van der Waals surface area contributed by atoms with Gasteiger partial charge in [0.25, 0.3) is 0 Å². The smallest absolute Gasteiger partial charge is 0.460 e. The largest absolute Gasteiger partial charge is 0.478 e. The number of carboxylic acids is 1. The SMILES string of the molecule is CC(C)C(OC(=O)/C=C\C(=O)O)C(F)(F)C(F)(F)C(F)(F)C(F)(F)F. The first-order valence-corrected chi connectivity index (χ1v) is 6.21. The van der Waals surface area contributed by atoms with E-state index in [1.165, 1.54) is 0 Å². The Morgan fingerprint density at radius 3 is 1.64 bits per heavy atom. The van der Waals surface area contributed by atoms with Crippen molar-refractivity contribution in [1.29, 1.82) is 0 Å². The predicted molar refractivity (Wildman–Crippen MR) is 62.4 cm³/mol. The first-order valence-electron chi connectivity index (χ1n) is 6.21. The van der Waals surface area contributed by atoms with Gasteiger partial charge in [0.05, 0.1) is 0 Å². The second kappa shape index (κ2) is 7.12. The second-order valence-corrected chi connectivity index (χ2v) is 5.04. The zero-order valence-corrected chi connectivity index (χ0v) is 12.4. The Morgan fingerprint density at radius 2 is 1.32 bits per heavy atom. The number of carbonyl (C=O) groups excluding carboxylic acids is 1. The monoisotopic (exact) mass is 390 g/mol. The van der Waals surface area contributed by atoms with Crippen molar-refractivity contribution >= 4 is 11.9 Å². The molecule has 1 unspecified atom stereocenters. The van der Waals surface area contributed by atoms with Crippen molar-refractivity contribution in [1.82, 2.24) is 0 Å². The molecule has 0 rings (SSSR count). The molecule has 0 aromatic heterocycles. The molecular formula is C12H11F9O4. The number of esters is 1. The molecule has 0 amide bonds. The highest BCUT2D eigenvalue weighted by atomic mass is 19.4. The lowest BCUT2D eigenvalue weighted by Crippen LogP contribution is -2.65.